The summed E-state index contributed by atoms with van der Waals surface area (Å²) in [5.41, 5.74) is 1.53. The monoisotopic (exact) mass is 381 g/mol. The number of hydrogen-bond donors (Lipinski definition) is 2. The van der Waals surface area contributed by atoms with Gasteiger partial charge in [0.05, 0.1) is 11.5 Å². The van der Waals surface area contributed by atoms with E-state index in [1.54, 1.807) is 18.2 Å². The van der Waals surface area contributed by atoms with Crippen LogP contribution in [0.15, 0.2) is 59.4 Å². The molecule has 4 atom stereocenters. The molecule has 2 N–H and O–H groups in total. The van der Waals surface area contributed by atoms with E-state index >= 15 is 0 Å². The number of rotatable bonds is 6. The molecule has 146 valence electrons. The lowest BCUT2D eigenvalue weighted by molar-refractivity contribution is -0.127. The van der Waals surface area contributed by atoms with Gasteiger partial charge in [0, 0.05) is 12.5 Å². The molecule has 2 heterocycles. The van der Waals surface area contributed by atoms with Gasteiger partial charge in [-0.1, -0.05) is 47.7 Å². The summed E-state index contributed by atoms with van der Waals surface area (Å²) in [5, 5.41) is 28.9. The maximum atomic E-state index is 12.6. The van der Waals surface area contributed by atoms with E-state index in [9.17, 15) is 15.0 Å². The molecule has 0 radical (unpaired) electrons. The van der Waals surface area contributed by atoms with E-state index in [1.807, 2.05) is 36.4 Å². The van der Waals surface area contributed by atoms with Crippen LogP contribution in [-0.4, -0.2) is 43.7 Å². The van der Waals surface area contributed by atoms with Crippen molar-refractivity contribution in [2.75, 3.05) is 0 Å². The first-order valence-electron chi connectivity index (χ1n) is 9.51. The van der Waals surface area contributed by atoms with Crippen LogP contribution in [0.5, 0.6) is 0 Å². The average Bonchev–Trinajstić information content (AvgIpc) is 3.00. The zero-order valence-corrected chi connectivity index (χ0v) is 15.4. The predicted octanol–water partition coefficient (Wildman–Crippen LogP) is 1.51. The molecule has 7 heteroatoms. The van der Waals surface area contributed by atoms with E-state index in [1.165, 1.54) is 10.2 Å². The van der Waals surface area contributed by atoms with Crippen LogP contribution in [0.2, 0.25) is 0 Å². The Kier molecular flexibility index (Phi) is 5.47. The molecule has 1 aliphatic heterocycles. The lowest BCUT2D eigenvalue weighted by Crippen LogP contribution is -2.31. The number of benzene rings is 2. The first-order chi connectivity index (χ1) is 13.6. The van der Waals surface area contributed by atoms with Gasteiger partial charge in [-0.3, -0.25) is 4.79 Å². The maximum absolute atomic E-state index is 12.6. The minimum Gasteiger partial charge on any atom is -0.387 e. The normalized spacial score (nSPS) is 24.6. The number of aromatic nitrogens is 3. The number of fused-ring (bicyclic) bond motifs is 1. The summed E-state index contributed by atoms with van der Waals surface area (Å²) in [5.74, 6) is -0.279. The van der Waals surface area contributed by atoms with Crippen molar-refractivity contribution in [3.8, 4) is 0 Å². The summed E-state index contributed by atoms with van der Waals surface area (Å²) < 4.78 is 6.89. The Bertz CT molecular complexity index is 992. The van der Waals surface area contributed by atoms with Gasteiger partial charge in [0.2, 0.25) is 0 Å². The molecule has 28 heavy (non-hydrogen) atoms. The van der Waals surface area contributed by atoms with E-state index in [-0.39, 0.29) is 17.6 Å². The zero-order valence-electron chi connectivity index (χ0n) is 15.4. The Morgan fingerprint density at radius 1 is 1.00 bits per heavy atom. The van der Waals surface area contributed by atoms with Crippen LogP contribution in [0.3, 0.4) is 0 Å². The smallest absolute Gasteiger partial charge is 0.277 e. The Morgan fingerprint density at radius 3 is 2.57 bits per heavy atom. The third-order valence-corrected chi connectivity index (χ3v) is 5.39. The Hall–Kier alpha value is -2.61. The third kappa shape index (κ3) is 3.82. The van der Waals surface area contributed by atoms with Gasteiger partial charge in [0.1, 0.15) is 11.6 Å². The molecule has 4 rings (SSSR count). The molecular formula is C21H23N3O4. The highest BCUT2D eigenvalue weighted by Gasteiger charge is 2.42. The summed E-state index contributed by atoms with van der Waals surface area (Å²) in [6.45, 7) is 0.302. The summed E-state index contributed by atoms with van der Waals surface area (Å²) in [6, 6.07) is 17.1. The van der Waals surface area contributed by atoms with Crippen LogP contribution < -0.4 is 5.56 Å². The zero-order chi connectivity index (χ0) is 19.5. The third-order valence-electron chi connectivity index (χ3n) is 5.39. The fourth-order valence-corrected chi connectivity index (χ4v) is 3.83. The second kappa shape index (κ2) is 8.18. The Balaban J connectivity index is 1.46. The maximum Gasteiger partial charge on any atom is 0.277 e. The van der Waals surface area contributed by atoms with E-state index in [2.05, 4.69) is 10.3 Å². The molecular weight excluding hydrogens is 358 g/mol. The summed E-state index contributed by atoms with van der Waals surface area (Å²) >= 11 is 0. The molecule has 0 spiro atoms. The first-order valence-corrected chi connectivity index (χ1v) is 9.51. The van der Waals surface area contributed by atoms with Crippen molar-refractivity contribution >= 4 is 10.9 Å². The molecule has 1 aromatic heterocycles. The minimum absolute atomic E-state index is 0.208. The van der Waals surface area contributed by atoms with Crippen molar-refractivity contribution < 1.29 is 14.9 Å². The highest BCUT2D eigenvalue weighted by atomic mass is 16.6. The highest BCUT2D eigenvalue weighted by Crippen LogP contribution is 2.31. The van der Waals surface area contributed by atoms with Crippen molar-refractivity contribution in [2.24, 2.45) is 5.92 Å². The van der Waals surface area contributed by atoms with Crippen LogP contribution >= 0.6 is 0 Å². The lowest BCUT2D eigenvalue weighted by Gasteiger charge is -2.20. The number of hydrogen-bond acceptors (Lipinski definition) is 6. The van der Waals surface area contributed by atoms with Gasteiger partial charge in [-0.05, 0) is 37.0 Å². The van der Waals surface area contributed by atoms with Crippen molar-refractivity contribution in [3.63, 3.8) is 0 Å². The van der Waals surface area contributed by atoms with Gasteiger partial charge < -0.3 is 14.9 Å². The molecule has 3 aromatic rings. The van der Waals surface area contributed by atoms with Crippen molar-refractivity contribution in [1.29, 1.82) is 0 Å². The van der Waals surface area contributed by atoms with Crippen LogP contribution in [0, 0.1) is 5.92 Å². The summed E-state index contributed by atoms with van der Waals surface area (Å²) in [6.07, 6.45) is -0.535. The average molecular weight is 381 g/mol. The summed E-state index contributed by atoms with van der Waals surface area (Å²) in [7, 11) is 0. The predicted molar refractivity (Wildman–Crippen MR) is 104 cm³/mol. The van der Waals surface area contributed by atoms with Gasteiger partial charge in [0.15, 0.2) is 6.29 Å². The van der Waals surface area contributed by atoms with Crippen molar-refractivity contribution in [1.82, 2.24) is 15.0 Å². The minimum atomic E-state index is -1.20. The quantitative estimate of drug-likeness (QED) is 0.672. The Morgan fingerprint density at radius 2 is 1.75 bits per heavy atom. The fourth-order valence-electron chi connectivity index (χ4n) is 3.83. The fraction of sp³-hybridized carbons (Fsp3) is 0.381. The van der Waals surface area contributed by atoms with Gasteiger partial charge in [-0.15, -0.1) is 5.10 Å². The van der Waals surface area contributed by atoms with E-state index < -0.39 is 12.4 Å². The lowest BCUT2D eigenvalue weighted by atomic mass is 9.91. The number of aliphatic hydroxyl groups is 2. The van der Waals surface area contributed by atoms with Gasteiger partial charge in [-0.2, -0.15) is 0 Å². The van der Waals surface area contributed by atoms with Gasteiger partial charge in [0.25, 0.3) is 5.56 Å². The van der Waals surface area contributed by atoms with E-state index in [4.69, 9.17) is 4.74 Å². The van der Waals surface area contributed by atoms with Gasteiger partial charge >= 0.3 is 0 Å². The molecule has 2 aromatic carbocycles. The van der Waals surface area contributed by atoms with Crippen molar-refractivity contribution in [3.05, 3.63) is 70.5 Å². The molecule has 0 unspecified atom stereocenters. The molecule has 0 bridgehead atoms. The van der Waals surface area contributed by atoms with E-state index in [0.717, 1.165) is 6.42 Å². The standard InChI is InChI=1S/C21H23N3O4/c25-19-16(18(28-21(19)27)11-10-14-6-2-1-3-7-14)12-13-24-20(26)15-8-4-5-9-17(15)22-23-24/h1-9,16,18-19,21,25,27H,10-13H2/t16-,18+,19-,21+/m0/s1. The van der Waals surface area contributed by atoms with Crippen LogP contribution in [0.4, 0.5) is 0 Å². The number of aliphatic hydroxyl groups excluding tert-OH is 2. The van der Waals surface area contributed by atoms with Crippen molar-refractivity contribution in [2.45, 2.75) is 44.3 Å². The Labute approximate surface area is 162 Å². The first kappa shape index (κ1) is 18.7. The number of aryl methyl sites for hydroxylation is 2. The van der Waals surface area contributed by atoms with Crippen LogP contribution in [0.1, 0.15) is 18.4 Å². The SMILES string of the molecule is O=c1c2ccccc2nnn1CC[C@@H]1[C@H](O)[C@H](O)O[C@@H]1CCc1ccccc1. The number of ether oxygens (including phenoxy) is 1. The molecule has 1 saturated heterocycles. The molecule has 0 saturated carbocycles. The summed E-state index contributed by atoms with van der Waals surface area (Å²) in [4.78, 5) is 12.6. The highest BCUT2D eigenvalue weighted by molar-refractivity contribution is 5.76. The topological polar surface area (TPSA) is 97.5 Å². The molecule has 1 fully saturated rings. The largest absolute Gasteiger partial charge is 0.387 e. The second-order valence-corrected chi connectivity index (χ2v) is 7.17. The van der Waals surface area contributed by atoms with Crippen LogP contribution in [0.25, 0.3) is 10.9 Å². The van der Waals surface area contributed by atoms with Crippen LogP contribution in [-0.2, 0) is 17.7 Å². The second-order valence-electron chi connectivity index (χ2n) is 7.17. The number of nitrogens with zero attached hydrogens (tertiary/aromatic N) is 3. The molecule has 0 aliphatic carbocycles. The van der Waals surface area contributed by atoms with Gasteiger partial charge in [-0.25, -0.2) is 4.68 Å². The molecule has 7 nitrogen and oxygen atoms in total. The molecule has 1 aliphatic rings. The molecule has 0 amide bonds. The van der Waals surface area contributed by atoms with E-state index in [0.29, 0.717) is 30.3 Å².